The molecule has 0 spiro atoms. The van der Waals surface area contributed by atoms with Gasteiger partial charge in [0.15, 0.2) is 0 Å². The zero-order valence-electron chi connectivity index (χ0n) is 6.04. The normalized spacial score (nSPS) is 13.0. The number of nitrogens with two attached hydrogens (primary N) is 1. The van der Waals surface area contributed by atoms with Gasteiger partial charge in [-0.05, 0) is 0 Å². The molecule has 0 aromatic rings. The minimum absolute atomic E-state index is 0.107. The number of aliphatic carboxylic acids is 1. The second kappa shape index (κ2) is 5.71. The van der Waals surface area contributed by atoms with Gasteiger partial charge >= 0.3 is 66.6 Å². The first-order valence-electron chi connectivity index (χ1n) is 3.13. The van der Waals surface area contributed by atoms with E-state index < -0.39 is 5.97 Å². The van der Waals surface area contributed by atoms with Gasteiger partial charge in [0.25, 0.3) is 0 Å². The molecule has 0 aliphatic rings. The summed E-state index contributed by atoms with van der Waals surface area (Å²) in [6.45, 7) is 0. The SMILES string of the molecule is C[Se]CCC(N)CC(=O)O. The summed E-state index contributed by atoms with van der Waals surface area (Å²) < 4.78 is 0. The van der Waals surface area contributed by atoms with Crippen molar-refractivity contribution in [2.24, 2.45) is 5.73 Å². The molecule has 0 saturated carbocycles. The van der Waals surface area contributed by atoms with Crippen LogP contribution in [-0.4, -0.2) is 32.1 Å². The van der Waals surface area contributed by atoms with E-state index in [1.165, 1.54) is 0 Å². The van der Waals surface area contributed by atoms with Crippen LogP contribution in [0.3, 0.4) is 0 Å². The average Bonchev–Trinajstić information content (AvgIpc) is 1.82. The van der Waals surface area contributed by atoms with Gasteiger partial charge in [-0.2, -0.15) is 0 Å². The molecule has 10 heavy (non-hydrogen) atoms. The van der Waals surface area contributed by atoms with Crippen molar-refractivity contribution in [3.8, 4) is 0 Å². The quantitative estimate of drug-likeness (QED) is 0.643. The van der Waals surface area contributed by atoms with E-state index in [2.05, 4.69) is 5.82 Å². The molecule has 0 radical (unpaired) electrons. The maximum absolute atomic E-state index is 10.1. The molecule has 0 aliphatic carbocycles. The molecule has 0 amide bonds. The topological polar surface area (TPSA) is 63.3 Å². The molecule has 0 aromatic heterocycles. The summed E-state index contributed by atoms with van der Waals surface area (Å²) >= 11 is 0.621. The van der Waals surface area contributed by atoms with Gasteiger partial charge in [-0.25, -0.2) is 0 Å². The molecule has 0 bridgehead atoms. The van der Waals surface area contributed by atoms with Crippen molar-refractivity contribution in [3.63, 3.8) is 0 Å². The summed E-state index contributed by atoms with van der Waals surface area (Å²) in [5, 5.41) is 9.39. The Balaban J connectivity index is 3.25. The first-order valence-corrected chi connectivity index (χ1v) is 6.05. The van der Waals surface area contributed by atoms with Crippen molar-refractivity contribution in [1.82, 2.24) is 0 Å². The average molecular weight is 210 g/mol. The monoisotopic (exact) mass is 211 g/mol. The number of hydrogen-bond donors (Lipinski definition) is 2. The third-order valence-electron chi connectivity index (χ3n) is 1.13. The molecule has 3 N–H and O–H groups in total. The van der Waals surface area contributed by atoms with Crippen molar-refractivity contribution in [1.29, 1.82) is 0 Å². The molecule has 1 unspecified atom stereocenters. The predicted octanol–water partition coefficient (Wildman–Crippen LogP) is 0.349. The Labute approximate surface area is 67.1 Å². The van der Waals surface area contributed by atoms with E-state index in [9.17, 15) is 4.79 Å². The molecule has 1 atom stereocenters. The predicted molar refractivity (Wildman–Crippen MR) is 41.3 cm³/mol. The second-order valence-corrected chi connectivity index (χ2v) is 4.21. The van der Waals surface area contributed by atoms with E-state index in [1.807, 2.05) is 0 Å². The van der Waals surface area contributed by atoms with Gasteiger partial charge < -0.3 is 0 Å². The molecule has 0 heterocycles. The van der Waals surface area contributed by atoms with Crippen molar-refractivity contribution >= 4 is 20.9 Å². The fourth-order valence-electron chi connectivity index (χ4n) is 0.596. The zero-order chi connectivity index (χ0) is 7.98. The van der Waals surface area contributed by atoms with Gasteiger partial charge in [0, 0.05) is 0 Å². The number of carboxylic acids is 1. The molecule has 0 saturated heterocycles. The van der Waals surface area contributed by atoms with Crippen LogP contribution in [0.2, 0.25) is 11.1 Å². The standard InChI is InChI=1S/C6H13NO2Se/c1-10-3-2-5(7)4-6(8)9/h5H,2-4,7H2,1H3,(H,8,9). The number of carbonyl (C=O) groups is 1. The van der Waals surface area contributed by atoms with Gasteiger partial charge in [0.1, 0.15) is 0 Å². The summed E-state index contributed by atoms with van der Waals surface area (Å²) in [5.74, 6) is 1.33. The molecule has 0 aliphatic heterocycles. The van der Waals surface area contributed by atoms with Crippen molar-refractivity contribution in [2.75, 3.05) is 0 Å². The van der Waals surface area contributed by atoms with Crippen LogP contribution in [0.1, 0.15) is 12.8 Å². The van der Waals surface area contributed by atoms with Crippen LogP contribution in [0.25, 0.3) is 0 Å². The summed E-state index contributed by atoms with van der Waals surface area (Å²) in [7, 11) is 0. The summed E-state index contributed by atoms with van der Waals surface area (Å²) in [6, 6.07) is -0.140. The molecule has 0 fully saturated rings. The summed E-state index contributed by atoms with van der Waals surface area (Å²) in [4.78, 5) is 10.1. The van der Waals surface area contributed by atoms with Crippen LogP contribution >= 0.6 is 0 Å². The van der Waals surface area contributed by atoms with Crippen LogP contribution in [0, 0.1) is 0 Å². The maximum atomic E-state index is 10.1. The summed E-state index contributed by atoms with van der Waals surface area (Å²) in [5.41, 5.74) is 5.49. The Morgan fingerprint density at radius 2 is 2.40 bits per heavy atom. The van der Waals surface area contributed by atoms with Crippen molar-refractivity contribution in [3.05, 3.63) is 0 Å². The number of rotatable bonds is 5. The van der Waals surface area contributed by atoms with E-state index in [4.69, 9.17) is 10.8 Å². The Morgan fingerprint density at radius 1 is 1.80 bits per heavy atom. The zero-order valence-corrected chi connectivity index (χ0v) is 7.75. The number of carboxylic acid groups (broad SMARTS) is 1. The molecule has 0 rings (SSSR count). The Kier molecular flexibility index (Phi) is 5.68. The van der Waals surface area contributed by atoms with Crippen molar-refractivity contribution < 1.29 is 9.90 Å². The van der Waals surface area contributed by atoms with Crippen LogP contribution in [0.4, 0.5) is 0 Å². The van der Waals surface area contributed by atoms with Gasteiger partial charge in [-0.1, -0.05) is 0 Å². The third kappa shape index (κ3) is 6.08. The Bertz CT molecular complexity index is 108. The third-order valence-corrected chi connectivity index (χ3v) is 2.48. The van der Waals surface area contributed by atoms with Gasteiger partial charge in [-0.15, -0.1) is 0 Å². The molecular formula is C6H13NO2Se. The van der Waals surface area contributed by atoms with E-state index in [-0.39, 0.29) is 12.5 Å². The van der Waals surface area contributed by atoms with Gasteiger partial charge in [0.2, 0.25) is 0 Å². The molecule has 60 valence electrons. The van der Waals surface area contributed by atoms with Crippen molar-refractivity contribution in [2.45, 2.75) is 30.0 Å². The van der Waals surface area contributed by atoms with E-state index >= 15 is 0 Å². The molecule has 0 aromatic carbocycles. The molecular weight excluding hydrogens is 197 g/mol. The second-order valence-electron chi connectivity index (χ2n) is 2.14. The van der Waals surface area contributed by atoms with Crippen LogP contribution in [-0.2, 0) is 4.79 Å². The fraction of sp³-hybridized carbons (Fsp3) is 0.833. The van der Waals surface area contributed by atoms with Gasteiger partial charge in [0.05, 0.1) is 0 Å². The molecule has 3 nitrogen and oxygen atoms in total. The first-order chi connectivity index (χ1) is 4.66. The Morgan fingerprint density at radius 3 is 2.80 bits per heavy atom. The Hall–Kier alpha value is -0.0505. The van der Waals surface area contributed by atoms with E-state index in [1.54, 1.807) is 0 Å². The van der Waals surface area contributed by atoms with E-state index in [0.717, 1.165) is 11.7 Å². The summed E-state index contributed by atoms with van der Waals surface area (Å²) in [6.07, 6.45) is 0.957. The van der Waals surface area contributed by atoms with Crippen LogP contribution in [0.5, 0.6) is 0 Å². The van der Waals surface area contributed by atoms with Gasteiger partial charge in [-0.3, -0.25) is 0 Å². The molecule has 4 heteroatoms. The number of hydrogen-bond acceptors (Lipinski definition) is 2. The van der Waals surface area contributed by atoms with E-state index in [0.29, 0.717) is 15.0 Å². The fourth-order valence-corrected chi connectivity index (χ4v) is 1.73. The van der Waals surface area contributed by atoms with Crippen LogP contribution in [0.15, 0.2) is 0 Å². The minimum atomic E-state index is -0.795. The van der Waals surface area contributed by atoms with Crippen LogP contribution < -0.4 is 5.73 Å². The first kappa shape index (κ1) is 9.95.